The standard InChI is InChI=1S/C15H23N3O3.HI/c1-11(9-19-3)18-15(16-2)17-7-6-12-4-5-13-14(8-12)21-10-20-13;/h4-5,8,11H,6-7,9-10H2,1-3H3,(H2,16,17,18);1H. The summed E-state index contributed by atoms with van der Waals surface area (Å²) in [4.78, 5) is 4.19. The van der Waals surface area contributed by atoms with Gasteiger partial charge in [0.05, 0.1) is 6.61 Å². The van der Waals surface area contributed by atoms with Crippen LogP contribution >= 0.6 is 24.0 Å². The van der Waals surface area contributed by atoms with E-state index in [1.165, 1.54) is 5.56 Å². The fraction of sp³-hybridized carbons (Fsp3) is 0.533. The van der Waals surface area contributed by atoms with E-state index in [0.29, 0.717) is 13.4 Å². The zero-order chi connectivity index (χ0) is 15.1. The Morgan fingerprint density at radius 2 is 2.14 bits per heavy atom. The largest absolute Gasteiger partial charge is 0.454 e. The number of hydrogen-bond acceptors (Lipinski definition) is 4. The van der Waals surface area contributed by atoms with E-state index < -0.39 is 0 Å². The SMILES string of the molecule is CN=C(NCCc1ccc2c(c1)OCO2)NC(C)COC.I. The average Bonchev–Trinajstić information content (AvgIpc) is 2.94. The third kappa shape index (κ3) is 5.53. The maximum absolute atomic E-state index is 5.37. The molecule has 1 aromatic rings. The molecule has 0 fully saturated rings. The number of guanidine groups is 1. The minimum absolute atomic E-state index is 0. The number of hydrogen-bond donors (Lipinski definition) is 2. The molecule has 0 saturated carbocycles. The second-order valence-electron chi connectivity index (χ2n) is 4.94. The molecule has 0 saturated heterocycles. The summed E-state index contributed by atoms with van der Waals surface area (Å²) in [6.45, 7) is 3.79. The van der Waals surface area contributed by atoms with Crippen LogP contribution in [0, 0.1) is 0 Å². The summed E-state index contributed by atoms with van der Waals surface area (Å²) in [6.07, 6.45) is 0.885. The van der Waals surface area contributed by atoms with Gasteiger partial charge in [-0.2, -0.15) is 0 Å². The van der Waals surface area contributed by atoms with Gasteiger partial charge in [0.1, 0.15) is 0 Å². The van der Waals surface area contributed by atoms with E-state index in [2.05, 4.69) is 21.7 Å². The molecule has 7 heteroatoms. The highest BCUT2D eigenvalue weighted by atomic mass is 127. The van der Waals surface area contributed by atoms with Crippen molar-refractivity contribution in [3.05, 3.63) is 23.8 Å². The van der Waals surface area contributed by atoms with E-state index in [1.54, 1.807) is 14.2 Å². The average molecular weight is 421 g/mol. The van der Waals surface area contributed by atoms with Crippen molar-refractivity contribution >= 4 is 29.9 Å². The molecule has 0 spiro atoms. The monoisotopic (exact) mass is 421 g/mol. The van der Waals surface area contributed by atoms with Crippen molar-refractivity contribution < 1.29 is 14.2 Å². The van der Waals surface area contributed by atoms with Gasteiger partial charge < -0.3 is 24.8 Å². The van der Waals surface area contributed by atoms with E-state index >= 15 is 0 Å². The van der Waals surface area contributed by atoms with Gasteiger partial charge in [-0.3, -0.25) is 4.99 Å². The first-order valence-electron chi connectivity index (χ1n) is 7.07. The quantitative estimate of drug-likeness (QED) is 0.417. The molecule has 1 aromatic carbocycles. The summed E-state index contributed by atoms with van der Waals surface area (Å²) in [7, 11) is 3.45. The van der Waals surface area contributed by atoms with Gasteiger partial charge in [0, 0.05) is 26.7 Å². The molecule has 1 atom stereocenters. The predicted molar refractivity (Wildman–Crippen MR) is 97.5 cm³/mol. The van der Waals surface area contributed by atoms with E-state index in [9.17, 15) is 0 Å². The van der Waals surface area contributed by atoms with Gasteiger partial charge in [-0.05, 0) is 31.0 Å². The molecule has 22 heavy (non-hydrogen) atoms. The van der Waals surface area contributed by atoms with Crippen LogP contribution in [0.3, 0.4) is 0 Å². The second-order valence-corrected chi connectivity index (χ2v) is 4.94. The smallest absolute Gasteiger partial charge is 0.231 e. The molecule has 2 N–H and O–H groups in total. The molecule has 0 amide bonds. The molecule has 0 radical (unpaired) electrons. The Bertz CT molecular complexity index is 497. The Kier molecular flexibility index (Phi) is 8.32. The number of aliphatic imine (C=N–C) groups is 1. The lowest BCUT2D eigenvalue weighted by Gasteiger charge is -2.17. The molecule has 1 aliphatic rings. The Hall–Kier alpha value is -1.22. The van der Waals surface area contributed by atoms with Crippen LogP contribution < -0.4 is 20.1 Å². The van der Waals surface area contributed by atoms with E-state index in [1.807, 2.05) is 19.1 Å². The summed E-state index contributed by atoms with van der Waals surface area (Å²) in [5.74, 6) is 2.42. The van der Waals surface area contributed by atoms with Gasteiger partial charge in [-0.1, -0.05) is 6.07 Å². The molecular weight excluding hydrogens is 397 g/mol. The highest BCUT2D eigenvalue weighted by Crippen LogP contribution is 2.32. The summed E-state index contributed by atoms with van der Waals surface area (Å²) in [6, 6.07) is 6.24. The predicted octanol–water partition coefficient (Wildman–Crippen LogP) is 1.78. The van der Waals surface area contributed by atoms with Gasteiger partial charge in [0.2, 0.25) is 6.79 Å². The fourth-order valence-corrected chi connectivity index (χ4v) is 2.14. The van der Waals surface area contributed by atoms with Gasteiger partial charge >= 0.3 is 0 Å². The van der Waals surface area contributed by atoms with Crippen LogP contribution in [0.15, 0.2) is 23.2 Å². The van der Waals surface area contributed by atoms with E-state index in [0.717, 1.165) is 30.4 Å². The highest BCUT2D eigenvalue weighted by Gasteiger charge is 2.13. The van der Waals surface area contributed by atoms with Crippen LogP contribution in [0.5, 0.6) is 11.5 Å². The molecule has 1 aliphatic heterocycles. The van der Waals surface area contributed by atoms with Crippen molar-refractivity contribution in [3.8, 4) is 11.5 Å². The molecule has 1 unspecified atom stereocenters. The molecule has 124 valence electrons. The summed E-state index contributed by atoms with van der Waals surface area (Å²) in [5.41, 5.74) is 1.20. The molecule has 2 rings (SSSR count). The minimum atomic E-state index is 0. The normalized spacial score (nSPS) is 14.2. The van der Waals surface area contributed by atoms with E-state index in [-0.39, 0.29) is 30.0 Å². The Labute approximate surface area is 148 Å². The lowest BCUT2D eigenvalue weighted by molar-refractivity contribution is 0.174. The summed E-state index contributed by atoms with van der Waals surface area (Å²) >= 11 is 0. The number of nitrogens with zero attached hydrogens (tertiary/aromatic N) is 1. The molecule has 0 bridgehead atoms. The van der Waals surface area contributed by atoms with E-state index in [4.69, 9.17) is 14.2 Å². The maximum Gasteiger partial charge on any atom is 0.231 e. The second kappa shape index (κ2) is 9.73. The Morgan fingerprint density at radius 3 is 2.86 bits per heavy atom. The van der Waals surface area contributed by atoms with Crippen molar-refractivity contribution in [2.24, 2.45) is 4.99 Å². The first-order valence-corrected chi connectivity index (χ1v) is 7.07. The van der Waals surface area contributed by atoms with Gasteiger partial charge in [0.15, 0.2) is 17.5 Å². The first-order chi connectivity index (χ1) is 10.2. The van der Waals surface area contributed by atoms with Crippen LogP contribution in [0.25, 0.3) is 0 Å². The van der Waals surface area contributed by atoms with Crippen LogP contribution in [0.1, 0.15) is 12.5 Å². The molecular formula is C15H24IN3O3. The minimum Gasteiger partial charge on any atom is -0.454 e. The van der Waals surface area contributed by atoms with Gasteiger partial charge in [-0.15, -0.1) is 24.0 Å². The van der Waals surface area contributed by atoms with Crippen LogP contribution in [0.4, 0.5) is 0 Å². The number of halogens is 1. The molecule has 0 aliphatic carbocycles. The number of ether oxygens (including phenoxy) is 3. The lowest BCUT2D eigenvalue weighted by atomic mass is 10.1. The first kappa shape index (κ1) is 18.8. The molecule has 0 aromatic heterocycles. The Morgan fingerprint density at radius 1 is 1.36 bits per heavy atom. The zero-order valence-corrected chi connectivity index (χ0v) is 15.5. The van der Waals surface area contributed by atoms with Crippen molar-refractivity contribution in [2.45, 2.75) is 19.4 Å². The number of nitrogens with one attached hydrogen (secondary N) is 2. The number of methoxy groups -OCH3 is 1. The van der Waals surface area contributed by atoms with Crippen LogP contribution in [-0.4, -0.2) is 46.1 Å². The maximum atomic E-state index is 5.37. The van der Waals surface area contributed by atoms with Crippen molar-refractivity contribution in [2.75, 3.05) is 34.1 Å². The van der Waals surface area contributed by atoms with Crippen molar-refractivity contribution in [1.29, 1.82) is 0 Å². The Balaban J connectivity index is 0.00000242. The lowest BCUT2D eigenvalue weighted by Crippen LogP contribution is -2.44. The van der Waals surface area contributed by atoms with Crippen molar-refractivity contribution in [3.63, 3.8) is 0 Å². The fourth-order valence-electron chi connectivity index (χ4n) is 2.14. The number of rotatable bonds is 6. The van der Waals surface area contributed by atoms with Gasteiger partial charge in [-0.25, -0.2) is 0 Å². The van der Waals surface area contributed by atoms with Crippen LogP contribution in [-0.2, 0) is 11.2 Å². The van der Waals surface area contributed by atoms with Crippen LogP contribution in [0.2, 0.25) is 0 Å². The third-order valence-electron chi connectivity index (χ3n) is 3.17. The summed E-state index contributed by atoms with van der Waals surface area (Å²) in [5, 5.41) is 6.55. The van der Waals surface area contributed by atoms with Gasteiger partial charge in [0.25, 0.3) is 0 Å². The highest BCUT2D eigenvalue weighted by molar-refractivity contribution is 14.0. The third-order valence-corrected chi connectivity index (χ3v) is 3.17. The summed E-state index contributed by atoms with van der Waals surface area (Å²) < 4.78 is 15.8. The number of benzene rings is 1. The molecule has 6 nitrogen and oxygen atoms in total. The molecule has 1 heterocycles. The number of fused-ring (bicyclic) bond motifs is 1. The van der Waals surface area contributed by atoms with Crippen molar-refractivity contribution in [1.82, 2.24) is 10.6 Å². The zero-order valence-electron chi connectivity index (χ0n) is 13.2. The topological polar surface area (TPSA) is 64.1 Å².